The maximum absolute atomic E-state index is 12.6. The van der Waals surface area contributed by atoms with Crippen molar-refractivity contribution in [1.29, 1.82) is 0 Å². The van der Waals surface area contributed by atoms with Gasteiger partial charge in [0, 0.05) is 28.5 Å². The van der Waals surface area contributed by atoms with Crippen LogP contribution in [-0.2, 0) is 14.8 Å². The lowest BCUT2D eigenvalue weighted by Crippen LogP contribution is -2.41. The molecule has 132 valence electrons. The molecule has 2 aromatic carbocycles. The van der Waals surface area contributed by atoms with Crippen molar-refractivity contribution in [3.8, 4) is 0 Å². The van der Waals surface area contributed by atoms with Crippen LogP contribution in [0.3, 0.4) is 0 Å². The highest BCUT2D eigenvalue weighted by molar-refractivity contribution is 7.92. The predicted octanol–water partition coefficient (Wildman–Crippen LogP) is 4.37. The lowest BCUT2D eigenvalue weighted by molar-refractivity contribution is -0.00216. The zero-order valence-electron chi connectivity index (χ0n) is 13.3. The van der Waals surface area contributed by atoms with Gasteiger partial charge in [-0.2, -0.15) is 4.31 Å². The van der Waals surface area contributed by atoms with Gasteiger partial charge in [0.15, 0.2) is 0 Å². The largest absolute Gasteiger partial charge is 0.371 e. The first-order valence-corrected chi connectivity index (χ1v) is 10.0. The summed E-state index contributed by atoms with van der Waals surface area (Å²) in [6.07, 6.45) is 1.20. The molecule has 1 aliphatic heterocycles. The molecule has 0 bridgehead atoms. The zero-order chi connectivity index (χ0) is 17.9. The van der Waals surface area contributed by atoms with Crippen LogP contribution < -0.4 is 0 Å². The van der Waals surface area contributed by atoms with E-state index >= 15 is 0 Å². The van der Waals surface area contributed by atoms with Crippen LogP contribution in [0.4, 0.5) is 0 Å². The summed E-state index contributed by atoms with van der Waals surface area (Å²) in [5.41, 5.74) is 1.60. The standard InChI is InChI=1S/C18H17Cl2NO3S/c19-16-10-15(11-17(20)12-16)18-13-21(7-8-24-18)25(22,23)9-6-14-4-2-1-3-5-14/h1-6,9-12,18H,7-8,13H2/b9-6+. The second-order valence-electron chi connectivity index (χ2n) is 5.68. The Morgan fingerprint density at radius 2 is 1.76 bits per heavy atom. The fraction of sp³-hybridized carbons (Fsp3) is 0.222. The topological polar surface area (TPSA) is 46.6 Å². The second-order valence-corrected chi connectivity index (χ2v) is 8.37. The van der Waals surface area contributed by atoms with Crippen molar-refractivity contribution in [2.45, 2.75) is 6.10 Å². The minimum atomic E-state index is -3.54. The van der Waals surface area contributed by atoms with Crippen LogP contribution in [0, 0.1) is 0 Å². The molecule has 1 atom stereocenters. The number of ether oxygens (including phenoxy) is 1. The van der Waals surface area contributed by atoms with Gasteiger partial charge in [-0.3, -0.25) is 0 Å². The first-order valence-electron chi connectivity index (χ1n) is 7.75. The fourth-order valence-corrected chi connectivity index (χ4v) is 4.35. The van der Waals surface area contributed by atoms with Gasteiger partial charge in [0.1, 0.15) is 0 Å². The van der Waals surface area contributed by atoms with Crippen molar-refractivity contribution < 1.29 is 13.2 Å². The van der Waals surface area contributed by atoms with E-state index in [9.17, 15) is 8.42 Å². The normalized spacial score (nSPS) is 19.4. The van der Waals surface area contributed by atoms with Crippen molar-refractivity contribution >= 4 is 39.3 Å². The Bertz CT molecular complexity index is 849. The van der Waals surface area contributed by atoms with E-state index in [0.29, 0.717) is 23.2 Å². The Labute approximate surface area is 157 Å². The molecule has 0 spiro atoms. The first-order chi connectivity index (χ1) is 11.9. The molecule has 1 unspecified atom stereocenters. The van der Waals surface area contributed by atoms with Crippen molar-refractivity contribution in [1.82, 2.24) is 4.31 Å². The molecular weight excluding hydrogens is 381 g/mol. The molecule has 0 amide bonds. The number of hydrogen-bond acceptors (Lipinski definition) is 3. The van der Waals surface area contributed by atoms with Crippen LogP contribution >= 0.6 is 23.2 Å². The van der Waals surface area contributed by atoms with Gasteiger partial charge in [0.2, 0.25) is 10.0 Å². The number of hydrogen-bond donors (Lipinski definition) is 0. The minimum Gasteiger partial charge on any atom is -0.371 e. The van der Waals surface area contributed by atoms with Gasteiger partial charge in [-0.15, -0.1) is 0 Å². The Kier molecular flexibility index (Phi) is 5.81. The van der Waals surface area contributed by atoms with Crippen LogP contribution in [0.2, 0.25) is 10.0 Å². The van der Waals surface area contributed by atoms with Crippen molar-refractivity contribution in [2.75, 3.05) is 19.7 Å². The highest BCUT2D eigenvalue weighted by Crippen LogP contribution is 2.29. The van der Waals surface area contributed by atoms with E-state index in [4.69, 9.17) is 27.9 Å². The molecule has 1 aliphatic rings. The van der Waals surface area contributed by atoms with Gasteiger partial charge in [-0.25, -0.2) is 8.42 Å². The molecule has 0 radical (unpaired) electrons. The number of morpholine rings is 1. The average Bonchev–Trinajstić information content (AvgIpc) is 2.60. The summed E-state index contributed by atoms with van der Waals surface area (Å²) in [5.74, 6) is 0. The second kappa shape index (κ2) is 7.89. The van der Waals surface area contributed by atoms with E-state index in [1.807, 2.05) is 30.3 Å². The van der Waals surface area contributed by atoms with Crippen LogP contribution in [0.15, 0.2) is 53.9 Å². The van der Waals surface area contributed by atoms with E-state index in [0.717, 1.165) is 11.1 Å². The van der Waals surface area contributed by atoms with Crippen LogP contribution in [0.1, 0.15) is 17.2 Å². The zero-order valence-corrected chi connectivity index (χ0v) is 15.6. The lowest BCUT2D eigenvalue weighted by atomic mass is 10.1. The van der Waals surface area contributed by atoms with Crippen LogP contribution in [0.25, 0.3) is 6.08 Å². The highest BCUT2D eigenvalue weighted by atomic mass is 35.5. The summed E-state index contributed by atoms with van der Waals surface area (Å²) in [4.78, 5) is 0. The van der Waals surface area contributed by atoms with E-state index in [2.05, 4.69) is 0 Å². The summed E-state index contributed by atoms with van der Waals surface area (Å²) < 4.78 is 32.3. The molecule has 4 nitrogen and oxygen atoms in total. The third-order valence-corrected chi connectivity index (χ3v) is 5.85. The van der Waals surface area contributed by atoms with Gasteiger partial charge in [-0.05, 0) is 35.4 Å². The number of benzene rings is 2. The molecule has 1 fully saturated rings. The monoisotopic (exact) mass is 397 g/mol. The Morgan fingerprint density at radius 3 is 2.44 bits per heavy atom. The minimum absolute atomic E-state index is 0.220. The van der Waals surface area contributed by atoms with Crippen molar-refractivity contribution in [2.24, 2.45) is 0 Å². The average molecular weight is 398 g/mol. The van der Waals surface area contributed by atoms with E-state index in [1.54, 1.807) is 24.3 Å². The Hall–Kier alpha value is -1.37. The maximum Gasteiger partial charge on any atom is 0.236 e. The molecule has 1 heterocycles. The number of halogens is 2. The summed E-state index contributed by atoms with van der Waals surface area (Å²) in [6.45, 7) is 0.845. The van der Waals surface area contributed by atoms with Crippen LogP contribution in [-0.4, -0.2) is 32.4 Å². The highest BCUT2D eigenvalue weighted by Gasteiger charge is 2.29. The predicted molar refractivity (Wildman–Crippen MR) is 101 cm³/mol. The molecule has 1 saturated heterocycles. The third-order valence-electron chi connectivity index (χ3n) is 3.88. The van der Waals surface area contributed by atoms with Crippen molar-refractivity contribution in [3.05, 3.63) is 75.1 Å². The number of sulfonamides is 1. The molecule has 3 rings (SSSR count). The first kappa shape index (κ1) is 18.4. The molecule has 25 heavy (non-hydrogen) atoms. The van der Waals surface area contributed by atoms with Gasteiger partial charge in [0.05, 0.1) is 12.7 Å². The molecule has 0 aromatic heterocycles. The summed E-state index contributed by atoms with van der Waals surface area (Å²) >= 11 is 12.1. The summed E-state index contributed by atoms with van der Waals surface area (Å²) in [5, 5.41) is 2.22. The summed E-state index contributed by atoms with van der Waals surface area (Å²) in [6, 6.07) is 14.4. The van der Waals surface area contributed by atoms with E-state index in [-0.39, 0.29) is 6.54 Å². The molecule has 0 aliphatic carbocycles. The third kappa shape index (κ3) is 4.84. The smallest absolute Gasteiger partial charge is 0.236 e. The fourth-order valence-electron chi connectivity index (χ4n) is 2.63. The molecule has 0 N–H and O–H groups in total. The van der Waals surface area contributed by atoms with Gasteiger partial charge in [0.25, 0.3) is 0 Å². The van der Waals surface area contributed by atoms with Gasteiger partial charge >= 0.3 is 0 Å². The van der Waals surface area contributed by atoms with E-state index in [1.165, 1.54) is 9.71 Å². The maximum atomic E-state index is 12.6. The van der Waals surface area contributed by atoms with Gasteiger partial charge in [-0.1, -0.05) is 53.5 Å². The van der Waals surface area contributed by atoms with Gasteiger partial charge < -0.3 is 4.74 Å². The lowest BCUT2D eigenvalue weighted by Gasteiger charge is -2.31. The van der Waals surface area contributed by atoms with Crippen molar-refractivity contribution in [3.63, 3.8) is 0 Å². The number of nitrogens with zero attached hydrogens (tertiary/aromatic N) is 1. The SMILES string of the molecule is O=S(=O)(/C=C/c1ccccc1)N1CCOC(c2cc(Cl)cc(Cl)c2)C1. The quantitative estimate of drug-likeness (QED) is 0.769. The molecule has 0 saturated carbocycles. The Balaban J connectivity index is 1.77. The molecule has 7 heteroatoms. The number of rotatable bonds is 4. The Morgan fingerprint density at radius 1 is 1.08 bits per heavy atom. The molecular formula is C18H17Cl2NO3S. The summed E-state index contributed by atoms with van der Waals surface area (Å²) in [7, 11) is -3.54. The van der Waals surface area contributed by atoms with E-state index < -0.39 is 16.1 Å². The molecule has 2 aromatic rings. The van der Waals surface area contributed by atoms with Crippen LogP contribution in [0.5, 0.6) is 0 Å².